The van der Waals surface area contributed by atoms with Crippen LogP contribution >= 0.6 is 0 Å². The van der Waals surface area contributed by atoms with Crippen molar-refractivity contribution in [3.8, 4) is 11.5 Å². The first-order valence-corrected chi connectivity index (χ1v) is 9.82. The predicted octanol–water partition coefficient (Wildman–Crippen LogP) is 2.89. The summed E-state index contributed by atoms with van der Waals surface area (Å²) in [6.07, 6.45) is -0.125. The van der Waals surface area contributed by atoms with Gasteiger partial charge in [0.05, 0.1) is 51.5 Å². The van der Waals surface area contributed by atoms with Gasteiger partial charge in [0.2, 0.25) is 0 Å². The Hall–Kier alpha value is -3.68. The standard InChI is InChI=1S/C23H24N2O6/c1-4-31-21(26)11-16(24-13-15-9-10-17(29-2)12-20(15)30-3)14-25-22(27)18-7-5-6-8-19(18)23(25)28/h5-10,12H,4,11,13-14H2,1-3H3. The van der Waals surface area contributed by atoms with Crippen molar-refractivity contribution >= 4 is 23.5 Å². The summed E-state index contributed by atoms with van der Waals surface area (Å²) in [5, 5.41) is 0. The van der Waals surface area contributed by atoms with Gasteiger partial charge >= 0.3 is 5.97 Å². The Morgan fingerprint density at radius 1 is 1.00 bits per heavy atom. The zero-order chi connectivity index (χ0) is 22.4. The van der Waals surface area contributed by atoms with Crippen LogP contribution in [0.5, 0.6) is 11.5 Å². The maximum absolute atomic E-state index is 12.7. The Kier molecular flexibility index (Phi) is 7.02. The van der Waals surface area contributed by atoms with Gasteiger partial charge in [-0.3, -0.25) is 24.3 Å². The summed E-state index contributed by atoms with van der Waals surface area (Å²) >= 11 is 0. The number of fused-ring (bicyclic) bond motifs is 1. The molecule has 0 radical (unpaired) electrons. The third-order valence-electron chi connectivity index (χ3n) is 4.84. The summed E-state index contributed by atoms with van der Waals surface area (Å²) in [7, 11) is 3.10. The van der Waals surface area contributed by atoms with Crippen molar-refractivity contribution in [2.75, 3.05) is 27.4 Å². The number of ether oxygens (including phenoxy) is 3. The number of carbonyl (C=O) groups excluding carboxylic acids is 3. The van der Waals surface area contributed by atoms with E-state index in [1.807, 2.05) is 6.07 Å². The lowest BCUT2D eigenvalue weighted by molar-refractivity contribution is -0.141. The molecule has 0 fully saturated rings. The van der Waals surface area contributed by atoms with Gasteiger partial charge in [0.25, 0.3) is 11.8 Å². The number of carbonyl (C=O) groups is 3. The topological polar surface area (TPSA) is 94.5 Å². The van der Waals surface area contributed by atoms with Crippen LogP contribution in [-0.2, 0) is 16.1 Å². The lowest BCUT2D eigenvalue weighted by Crippen LogP contribution is -2.36. The summed E-state index contributed by atoms with van der Waals surface area (Å²) in [5.41, 5.74) is 1.83. The molecule has 0 saturated carbocycles. The van der Waals surface area contributed by atoms with Gasteiger partial charge in [0.15, 0.2) is 0 Å². The fraction of sp³-hybridized carbons (Fsp3) is 0.304. The van der Waals surface area contributed by atoms with Gasteiger partial charge in [-0.2, -0.15) is 0 Å². The van der Waals surface area contributed by atoms with Gasteiger partial charge < -0.3 is 14.2 Å². The van der Waals surface area contributed by atoms with Crippen LogP contribution in [0, 0.1) is 0 Å². The first-order valence-electron chi connectivity index (χ1n) is 9.82. The number of esters is 1. The van der Waals surface area contributed by atoms with Crippen molar-refractivity contribution in [2.24, 2.45) is 4.99 Å². The van der Waals surface area contributed by atoms with Gasteiger partial charge in [0, 0.05) is 17.3 Å². The van der Waals surface area contributed by atoms with Crippen LogP contribution in [-0.4, -0.2) is 55.8 Å². The molecule has 31 heavy (non-hydrogen) atoms. The van der Waals surface area contributed by atoms with E-state index in [0.29, 0.717) is 28.3 Å². The first-order chi connectivity index (χ1) is 15.0. The molecule has 0 aromatic heterocycles. The molecule has 0 spiro atoms. The molecule has 2 aromatic carbocycles. The molecule has 8 nitrogen and oxygen atoms in total. The van der Waals surface area contributed by atoms with Crippen LogP contribution in [0.1, 0.15) is 39.6 Å². The van der Waals surface area contributed by atoms with Crippen LogP contribution in [0.3, 0.4) is 0 Å². The molecule has 8 heteroatoms. The fourth-order valence-electron chi connectivity index (χ4n) is 3.29. The van der Waals surface area contributed by atoms with E-state index in [4.69, 9.17) is 14.2 Å². The number of imide groups is 1. The zero-order valence-corrected chi connectivity index (χ0v) is 17.7. The van der Waals surface area contributed by atoms with Crippen LogP contribution in [0.4, 0.5) is 0 Å². The largest absolute Gasteiger partial charge is 0.497 e. The lowest BCUT2D eigenvalue weighted by Gasteiger charge is -2.16. The number of hydrogen-bond acceptors (Lipinski definition) is 7. The number of methoxy groups -OCH3 is 2. The molecule has 0 N–H and O–H groups in total. The molecule has 162 valence electrons. The monoisotopic (exact) mass is 424 g/mol. The van der Waals surface area contributed by atoms with Crippen molar-refractivity contribution in [3.05, 3.63) is 59.2 Å². The van der Waals surface area contributed by atoms with E-state index >= 15 is 0 Å². The molecule has 3 rings (SSSR count). The SMILES string of the molecule is CCOC(=O)CC(CN1C(=O)c2ccccc2C1=O)=NCc1ccc(OC)cc1OC. The number of hydrogen-bond donors (Lipinski definition) is 0. The van der Waals surface area contributed by atoms with Crippen LogP contribution in [0.15, 0.2) is 47.5 Å². The van der Waals surface area contributed by atoms with Crippen molar-refractivity contribution < 1.29 is 28.6 Å². The van der Waals surface area contributed by atoms with Crippen LogP contribution < -0.4 is 9.47 Å². The van der Waals surface area contributed by atoms with E-state index in [9.17, 15) is 14.4 Å². The molecule has 1 aliphatic rings. The average Bonchev–Trinajstić information content (AvgIpc) is 3.02. The number of nitrogens with zero attached hydrogens (tertiary/aromatic N) is 2. The Balaban J connectivity index is 1.85. The van der Waals surface area contributed by atoms with Crippen molar-refractivity contribution in [3.63, 3.8) is 0 Å². The number of aliphatic imine (C=N–C) groups is 1. The zero-order valence-electron chi connectivity index (χ0n) is 17.7. The van der Waals surface area contributed by atoms with E-state index in [1.54, 1.807) is 57.5 Å². The van der Waals surface area contributed by atoms with Gasteiger partial charge in [-0.05, 0) is 31.2 Å². The van der Waals surface area contributed by atoms with Crippen molar-refractivity contribution in [2.45, 2.75) is 19.9 Å². The van der Waals surface area contributed by atoms with Crippen LogP contribution in [0.2, 0.25) is 0 Å². The first kappa shape index (κ1) is 22.0. The molecule has 0 aliphatic carbocycles. The fourth-order valence-corrected chi connectivity index (χ4v) is 3.29. The molecule has 0 atom stereocenters. The highest BCUT2D eigenvalue weighted by Crippen LogP contribution is 2.26. The predicted molar refractivity (Wildman–Crippen MR) is 114 cm³/mol. The Morgan fingerprint density at radius 2 is 1.68 bits per heavy atom. The maximum Gasteiger partial charge on any atom is 0.311 e. The van der Waals surface area contributed by atoms with E-state index in [-0.39, 0.29) is 26.1 Å². The normalized spacial score (nSPS) is 13.3. The Labute approximate surface area is 180 Å². The number of amides is 2. The highest BCUT2D eigenvalue weighted by atomic mass is 16.5. The molecule has 1 heterocycles. The van der Waals surface area contributed by atoms with Gasteiger partial charge in [-0.1, -0.05) is 12.1 Å². The minimum absolute atomic E-state index is 0.0936. The highest BCUT2D eigenvalue weighted by Gasteiger charge is 2.35. The molecule has 1 aliphatic heterocycles. The second kappa shape index (κ2) is 9.88. The van der Waals surface area contributed by atoms with E-state index in [1.165, 1.54) is 0 Å². The third-order valence-corrected chi connectivity index (χ3v) is 4.84. The minimum Gasteiger partial charge on any atom is -0.497 e. The molecule has 0 saturated heterocycles. The number of benzene rings is 2. The third kappa shape index (κ3) is 4.91. The minimum atomic E-state index is -0.473. The van der Waals surface area contributed by atoms with E-state index < -0.39 is 17.8 Å². The Morgan fingerprint density at radius 3 is 2.26 bits per heavy atom. The quantitative estimate of drug-likeness (QED) is 0.349. The van der Waals surface area contributed by atoms with Crippen molar-refractivity contribution in [1.82, 2.24) is 4.90 Å². The van der Waals surface area contributed by atoms with Gasteiger partial charge in [-0.25, -0.2) is 0 Å². The molecular weight excluding hydrogens is 400 g/mol. The molecule has 0 bridgehead atoms. The molecule has 0 unspecified atom stereocenters. The smallest absolute Gasteiger partial charge is 0.311 e. The number of rotatable bonds is 9. The summed E-state index contributed by atoms with van der Waals surface area (Å²) in [5.74, 6) is -0.0559. The van der Waals surface area contributed by atoms with Gasteiger partial charge in [0.1, 0.15) is 11.5 Å². The summed E-state index contributed by atoms with van der Waals surface area (Å²) in [6.45, 7) is 2.04. The molecular formula is C23H24N2O6. The van der Waals surface area contributed by atoms with E-state index in [0.717, 1.165) is 10.5 Å². The second-order valence-corrected chi connectivity index (χ2v) is 6.78. The molecule has 2 amide bonds. The summed E-state index contributed by atoms with van der Waals surface area (Å²) in [4.78, 5) is 43.1. The van der Waals surface area contributed by atoms with Gasteiger partial charge in [-0.15, -0.1) is 0 Å². The van der Waals surface area contributed by atoms with Crippen LogP contribution in [0.25, 0.3) is 0 Å². The Bertz CT molecular complexity index is 995. The lowest BCUT2D eigenvalue weighted by atomic mass is 10.1. The summed E-state index contributed by atoms with van der Waals surface area (Å²) in [6, 6.07) is 12.0. The van der Waals surface area contributed by atoms with Crippen molar-refractivity contribution in [1.29, 1.82) is 0 Å². The average molecular weight is 424 g/mol. The summed E-state index contributed by atoms with van der Waals surface area (Å²) < 4.78 is 15.6. The molecule has 2 aromatic rings. The highest BCUT2D eigenvalue weighted by molar-refractivity contribution is 6.23. The second-order valence-electron chi connectivity index (χ2n) is 6.78. The van der Waals surface area contributed by atoms with E-state index in [2.05, 4.69) is 4.99 Å². The maximum atomic E-state index is 12.7.